The lowest BCUT2D eigenvalue weighted by Crippen LogP contribution is -2.00. The number of rotatable bonds is 2. The van der Waals surface area contributed by atoms with Crippen molar-refractivity contribution in [3.05, 3.63) is 29.8 Å². The van der Waals surface area contributed by atoms with Crippen molar-refractivity contribution < 1.29 is 14.3 Å². The number of carboxylic acid groups (broad SMARTS) is 1. The highest BCUT2D eigenvalue weighted by atomic mass is 19.1. The highest BCUT2D eigenvalue weighted by molar-refractivity contribution is 5.69. The van der Waals surface area contributed by atoms with Crippen LogP contribution < -0.4 is 0 Å². The van der Waals surface area contributed by atoms with Gasteiger partial charge in [0.25, 0.3) is 0 Å². The largest absolute Gasteiger partial charge is 0.481 e. The molecule has 1 aromatic heterocycles. The van der Waals surface area contributed by atoms with Crippen molar-refractivity contribution in [2.24, 2.45) is 0 Å². The molecule has 1 N–H and O–H groups in total. The summed E-state index contributed by atoms with van der Waals surface area (Å²) in [6.07, 6.45) is 2.17. The molecule has 11 heavy (non-hydrogen) atoms. The van der Waals surface area contributed by atoms with E-state index in [2.05, 4.69) is 4.98 Å². The van der Waals surface area contributed by atoms with Crippen molar-refractivity contribution in [2.75, 3.05) is 0 Å². The quantitative estimate of drug-likeness (QED) is 0.688. The van der Waals surface area contributed by atoms with E-state index in [1.165, 1.54) is 6.20 Å². The number of aromatic nitrogens is 1. The Morgan fingerprint density at radius 1 is 1.64 bits per heavy atom. The van der Waals surface area contributed by atoms with Crippen LogP contribution in [0.1, 0.15) is 5.56 Å². The van der Waals surface area contributed by atoms with E-state index in [1.807, 2.05) is 0 Å². The van der Waals surface area contributed by atoms with Gasteiger partial charge in [0.05, 0.1) is 12.6 Å². The third-order valence-corrected chi connectivity index (χ3v) is 1.12. The van der Waals surface area contributed by atoms with Crippen LogP contribution in [0.4, 0.5) is 4.39 Å². The van der Waals surface area contributed by atoms with Gasteiger partial charge in [0.1, 0.15) is 5.82 Å². The third kappa shape index (κ3) is 2.33. The van der Waals surface area contributed by atoms with Crippen molar-refractivity contribution in [3.63, 3.8) is 0 Å². The molecule has 0 unspecified atom stereocenters. The summed E-state index contributed by atoms with van der Waals surface area (Å²) in [5.74, 6) is -1.50. The number of carbonyl (C=O) groups is 1. The molecule has 3 nitrogen and oxygen atoms in total. The van der Waals surface area contributed by atoms with Crippen molar-refractivity contribution in [1.29, 1.82) is 0 Å². The molecule has 0 atom stereocenters. The maximum absolute atomic E-state index is 12.4. The zero-order valence-electron chi connectivity index (χ0n) is 5.62. The maximum Gasteiger partial charge on any atom is 0.307 e. The van der Waals surface area contributed by atoms with E-state index in [0.717, 1.165) is 12.3 Å². The Morgan fingerprint density at radius 2 is 2.36 bits per heavy atom. The summed E-state index contributed by atoms with van der Waals surface area (Å²) in [6.45, 7) is 0. The van der Waals surface area contributed by atoms with Gasteiger partial charge in [-0.15, -0.1) is 0 Å². The SMILES string of the molecule is O=C(O)Cc1cncc(F)c1. The summed E-state index contributed by atoms with van der Waals surface area (Å²) in [6, 6.07) is 1.15. The fourth-order valence-corrected chi connectivity index (χ4v) is 0.727. The van der Waals surface area contributed by atoms with Crippen LogP contribution in [-0.2, 0) is 11.2 Å². The monoisotopic (exact) mass is 155 g/mol. The van der Waals surface area contributed by atoms with E-state index in [0.29, 0.717) is 5.56 Å². The van der Waals surface area contributed by atoms with E-state index in [9.17, 15) is 9.18 Å². The summed E-state index contributed by atoms with van der Waals surface area (Å²) in [5, 5.41) is 8.31. The minimum Gasteiger partial charge on any atom is -0.481 e. The molecule has 0 saturated carbocycles. The topological polar surface area (TPSA) is 50.2 Å². The molecule has 1 aromatic rings. The first-order valence-corrected chi connectivity index (χ1v) is 2.99. The van der Waals surface area contributed by atoms with Crippen molar-refractivity contribution in [1.82, 2.24) is 4.98 Å². The molecule has 0 aliphatic heterocycles. The van der Waals surface area contributed by atoms with Crippen molar-refractivity contribution in [2.45, 2.75) is 6.42 Å². The zero-order chi connectivity index (χ0) is 8.27. The molecular formula is C7H6FNO2. The van der Waals surface area contributed by atoms with Crippen LogP contribution in [0.15, 0.2) is 18.5 Å². The number of halogens is 1. The minimum atomic E-state index is -0.989. The van der Waals surface area contributed by atoms with Gasteiger partial charge in [-0.2, -0.15) is 0 Å². The van der Waals surface area contributed by atoms with Gasteiger partial charge in [-0.25, -0.2) is 4.39 Å². The summed E-state index contributed by atoms with van der Waals surface area (Å²) >= 11 is 0. The Kier molecular flexibility index (Phi) is 2.15. The molecule has 0 fully saturated rings. The molecule has 0 amide bonds. The lowest BCUT2D eigenvalue weighted by Gasteiger charge is -1.94. The lowest BCUT2D eigenvalue weighted by atomic mass is 10.2. The van der Waals surface area contributed by atoms with Gasteiger partial charge in [0.15, 0.2) is 0 Å². The second-order valence-corrected chi connectivity index (χ2v) is 2.08. The Labute approximate surface area is 62.5 Å². The van der Waals surface area contributed by atoms with Crippen LogP contribution in [0, 0.1) is 5.82 Å². The van der Waals surface area contributed by atoms with Crippen LogP contribution in [-0.4, -0.2) is 16.1 Å². The molecule has 0 bridgehead atoms. The van der Waals surface area contributed by atoms with Gasteiger partial charge in [0, 0.05) is 6.20 Å². The standard InChI is InChI=1S/C7H6FNO2/c8-6-1-5(2-7(10)11)3-9-4-6/h1,3-4H,2H2,(H,10,11). The van der Waals surface area contributed by atoms with Crippen LogP contribution in [0.5, 0.6) is 0 Å². The summed E-state index contributed by atoms with van der Waals surface area (Å²) in [4.78, 5) is 13.6. The normalized spacial score (nSPS) is 9.55. The summed E-state index contributed by atoms with van der Waals surface area (Å²) in [7, 11) is 0. The smallest absolute Gasteiger partial charge is 0.307 e. The first kappa shape index (κ1) is 7.65. The molecule has 4 heteroatoms. The number of hydrogen-bond donors (Lipinski definition) is 1. The molecule has 1 rings (SSSR count). The summed E-state index contributed by atoms with van der Waals surface area (Å²) < 4.78 is 12.4. The average Bonchev–Trinajstić information content (AvgIpc) is 1.85. The van der Waals surface area contributed by atoms with Gasteiger partial charge in [0.2, 0.25) is 0 Å². The van der Waals surface area contributed by atoms with Gasteiger partial charge in [-0.1, -0.05) is 0 Å². The van der Waals surface area contributed by atoms with Gasteiger partial charge >= 0.3 is 5.97 Å². The number of aliphatic carboxylic acids is 1. The number of hydrogen-bond acceptors (Lipinski definition) is 2. The predicted molar refractivity (Wildman–Crippen MR) is 35.5 cm³/mol. The Balaban J connectivity index is 2.79. The highest BCUT2D eigenvalue weighted by Gasteiger charge is 2.00. The molecule has 0 aromatic carbocycles. The van der Waals surface area contributed by atoms with Crippen LogP contribution in [0.3, 0.4) is 0 Å². The zero-order valence-corrected chi connectivity index (χ0v) is 5.62. The molecule has 0 spiro atoms. The van der Waals surface area contributed by atoms with Gasteiger partial charge in [-0.05, 0) is 11.6 Å². The summed E-state index contributed by atoms with van der Waals surface area (Å²) in [5.41, 5.74) is 0.373. The molecular weight excluding hydrogens is 149 g/mol. The molecule has 0 saturated heterocycles. The lowest BCUT2D eigenvalue weighted by molar-refractivity contribution is -0.136. The van der Waals surface area contributed by atoms with Gasteiger partial charge in [-0.3, -0.25) is 9.78 Å². The highest BCUT2D eigenvalue weighted by Crippen LogP contribution is 2.00. The Hall–Kier alpha value is -1.45. The van der Waals surface area contributed by atoms with E-state index in [4.69, 9.17) is 5.11 Å². The molecule has 0 aliphatic rings. The number of nitrogens with zero attached hydrogens (tertiary/aromatic N) is 1. The van der Waals surface area contributed by atoms with Crippen LogP contribution in [0.25, 0.3) is 0 Å². The molecule has 58 valence electrons. The maximum atomic E-state index is 12.4. The van der Waals surface area contributed by atoms with E-state index in [1.54, 1.807) is 0 Å². The molecule has 0 aliphatic carbocycles. The molecule has 1 heterocycles. The van der Waals surface area contributed by atoms with Crippen molar-refractivity contribution in [3.8, 4) is 0 Å². The van der Waals surface area contributed by atoms with E-state index >= 15 is 0 Å². The Bertz CT molecular complexity index is 275. The number of carboxylic acids is 1. The predicted octanol–water partition coefficient (Wildman–Crippen LogP) is 0.848. The van der Waals surface area contributed by atoms with Crippen molar-refractivity contribution >= 4 is 5.97 Å². The van der Waals surface area contributed by atoms with E-state index < -0.39 is 11.8 Å². The second kappa shape index (κ2) is 3.09. The second-order valence-electron chi connectivity index (χ2n) is 2.08. The van der Waals surface area contributed by atoms with Crippen LogP contribution >= 0.6 is 0 Å². The minimum absolute atomic E-state index is 0.190. The Morgan fingerprint density at radius 3 is 2.91 bits per heavy atom. The first-order chi connectivity index (χ1) is 5.18. The number of pyridine rings is 1. The van der Waals surface area contributed by atoms with Crippen LogP contribution in [0.2, 0.25) is 0 Å². The van der Waals surface area contributed by atoms with E-state index in [-0.39, 0.29) is 6.42 Å². The average molecular weight is 155 g/mol. The third-order valence-electron chi connectivity index (χ3n) is 1.12. The fourth-order valence-electron chi connectivity index (χ4n) is 0.727. The first-order valence-electron chi connectivity index (χ1n) is 2.99. The van der Waals surface area contributed by atoms with Gasteiger partial charge < -0.3 is 5.11 Å². The molecule has 0 radical (unpaired) electrons. The fraction of sp³-hybridized carbons (Fsp3) is 0.143.